The van der Waals surface area contributed by atoms with Crippen molar-refractivity contribution in [2.45, 2.75) is 26.1 Å². The van der Waals surface area contributed by atoms with Gasteiger partial charge in [0.2, 0.25) is 6.79 Å². The Bertz CT molecular complexity index is 1150. The summed E-state index contributed by atoms with van der Waals surface area (Å²) in [5.41, 5.74) is 1.77. The van der Waals surface area contributed by atoms with E-state index in [0.717, 1.165) is 34.1 Å². The molecule has 1 unspecified atom stereocenters. The van der Waals surface area contributed by atoms with Crippen molar-refractivity contribution in [3.63, 3.8) is 0 Å². The molecular weight excluding hydrogens is 408 g/mol. The first-order chi connectivity index (χ1) is 15.6. The van der Waals surface area contributed by atoms with Gasteiger partial charge in [-0.15, -0.1) is 0 Å². The molecule has 6 heteroatoms. The molecule has 0 saturated heterocycles. The average Bonchev–Trinajstić information content (AvgIpc) is 3.27. The van der Waals surface area contributed by atoms with Crippen LogP contribution in [0.4, 0.5) is 0 Å². The third kappa shape index (κ3) is 4.04. The number of benzene rings is 3. The summed E-state index contributed by atoms with van der Waals surface area (Å²) in [6.07, 6.45) is 1.68. The van der Waals surface area contributed by atoms with Crippen molar-refractivity contribution >= 4 is 5.76 Å². The van der Waals surface area contributed by atoms with Gasteiger partial charge in [0.05, 0.1) is 18.8 Å². The molecule has 2 aliphatic rings. The highest BCUT2D eigenvalue weighted by atomic mass is 16.7. The van der Waals surface area contributed by atoms with Gasteiger partial charge in [-0.25, -0.2) is 0 Å². The lowest BCUT2D eigenvalue weighted by molar-refractivity contribution is 0.173. The van der Waals surface area contributed by atoms with E-state index >= 15 is 0 Å². The first-order valence-corrected chi connectivity index (χ1v) is 10.5. The minimum absolute atomic E-state index is 0.0638. The number of methoxy groups -OCH3 is 1. The molecule has 32 heavy (non-hydrogen) atoms. The van der Waals surface area contributed by atoms with E-state index in [1.165, 1.54) is 0 Å². The number of hydrogen-bond donors (Lipinski definition) is 0. The van der Waals surface area contributed by atoms with Crippen LogP contribution in [0, 0.1) is 0 Å². The van der Waals surface area contributed by atoms with Crippen molar-refractivity contribution in [2.24, 2.45) is 0 Å². The third-order valence-electron chi connectivity index (χ3n) is 5.16. The number of hydrogen-bond acceptors (Lipinski definition) is 6. The highest BCUT2D eigenvalue weighted by Crippen LogP contribution is 2.42. The van der Waals surface area contributed by atoms with Gasteiger partial charge >= 0.3 is 0 Å². The molecule has 2 aliphatic heterocycles. The lowest BCUT2D eigenvalue weighted by Gasteiger charge is -2.26. The summed E-state index contributed by atoms with van der Waals surface area (Å²) in [6, 6.07) is 19.1. The van der Waals surface area contributed by atoms with Crippen LogP contribution in [-0.4, -0.2) is 20.0 Å². The summed E-state index contributed by atoms with van der Waals surface area (Å²) < 4.78 is 34.7. The molecule has 0 saturated carbocycles. The second-order valence-electron chi connectivity index (χ2n) is 7.78. The topological polar surface area (TPSA) is 55.4 Å². The van der Waals surface area contributed by atoms with Crippen LogP contribution in [-0.2, 0) is 0 Å². The maximum atomic E-state index is 6.31. The van der Waals surface area contributed by atoms with E-state index in [2.05, 4.69) is 0 Å². The smallest absolute Gasteiger partial charge is 0.231 e. The highest BCUT2D eigenvalue weighted by molar-refractivity contribution is 5.71. The molecule has 0 fully saturated rings. The molecule has 0 bridgehead atoms. The Kier molecular flexibility index (Phi) is 5.27. The summed E-state index contributed by atoms with van der Waals surface area (Å²) in [4.78, 5) is 0. The van der Waals surface area contributed by atoms with Crippen LogP contribution in [0.25, 0.3) is 5.76 Å². The standard InChI is InChI=1S/C26H24O6/c1-16(2)30-20-9-11-22-21(13-20)25(31-19-7-5-18(27-3)6-8-19)14-24(32-22)17-4-10-23-26(12-17)29-15-28-23/h4-14,16,24H,15H2,1-3H3. The number of rotatable bonds is 6. The van der Waals surface area contributed by atoms with Crippen LogP contribution in [0.5, 0.6) is 34.5 Å². The summed E-state index contributed by atoms with van der Waals surface area (Å²) in [5.74, 6) is 5.08. The monoisotopic (exact) mass is 432 g/mol. The van der Waals surface area contributed by atoms with Gasteiger partial charge in [-0.2, -0.15) is 0 Å². The van der Waals surface area contributed by atoms with Gasteiger partial charge in [0.25, 0.3) is 0 Å². The fourth-order valence-electron chi connectivity index (χ4n) is 3.66. The van der Waals surface area contributed by atoms with Gasteiger partial charge in [0.15, 0.2) is 11.5 Å². The van der Waals surface area contributed by atoms with Crippen LogP contribution in [0.1, 0.15) is 31.1 Å². The largest absolute Gasteiger partial charge is 0.497 e. The Hall–Kier alpha value is -3.80. The molecule has 3 aromatic carbocycles. The summed E-state index contributed by atoms with van der Waals surface area (Å²) in [5, 5.41) is 0. The first kappa shape index (κ1) is 20.1. The van der Waals surface area contributed by atoms with Gasteiger partial charge in [-0.1, -0.05) is 6.07 Å². The van der Waals surface area contributed by atoms with E-state index in [-0.39, 0.29) is 19.0 Å². The number of fused-ring (bicyclic) bond motifs is 2. The van der Waals surface area contributed by atoms with Crippen LogP contribution < -0.4 is 28.4 Å². The van der Waals surface area contributed by atoms with E-state index in [4.69, 9.17) is 28.4 Å². The van der Waals surface area contributed by atoms with Crippen molar-refractivity contribution in [3.8, 4) is 34.5 Å². The molecule has 0 aromatic heterocycles. The first-order valence-electron chi connectivity index (χ1n) is 10.5. The molecular formula is C26H24O6. The molecule has 6 nitrogen and oxygen atoms in total. The molecule has 164 valence electrons. The van der Waals surface area contributed by atoms with Crippen molar-refractivity contribution in [1.82, 2.24) is 0 Å². The van der Waals surface area contributed by atoms with Crippen LogP contribution in [0.15, 0.2) is 66.7 Å². The third-order valence-corrected chi connectivity index (χ3v) is 5.16. The molecule has 5 rings (SSSR count). The maximum Gasteiger partial charge on any atom is 0.231 e. The fourth-order valence-corrected chi connectivity index (χ4v) is 3.66. The van der Waals surface area contributed by atoms with Crippen molar-refractivity contribution < 1.29 is 28.4 Å². The Labute approximate surface area is 186 Å². The second kappa shape index (κ2) is 8.38. The highest BCUT2D eigenvalue weighted by Gasteiger charge is 2.26. The van der Waals surface area contributed by atoms with Crippen molar-refractivity contribution in [3.05, 3.63) is 77.9 Å². The molecule has 0 spiro atoms. The lowest BCUT2D eigenvalue weighted by Crippen LogP contribution is -2.14. The molecule has 3 aromatic rings. The SMILES string of the molecule is COc1ccc(OC2=CC(c3ccc4c(c3)OCO4)Oc3ccc(OC(C)C)cc32)cc1. The van der Waals surface area contributed by atoms with E-state index in [9.17, 15) is 0 Å². The van der Waals surface area contributed by atoms with E-state index in [1.807, 2.05) is 80.6 Å². The van der Waals surface area contributed by atoms with E-state index in [1.54, 1.807) is 7.11 Å². The minimum Gasteiger partial charge on any atom is -0.497 e. The van der Waals surface area contributed by atoms with Crippen LogP contribution in [0.3, 0.4) is 0 Å². The fraction of sp³-hybridized carbons (Fsp3) is 0.231. The van der Waals surface area contributed by atoms with Gasteiger partial charge < -0.3 is 28.4 Å². The number of ether oxygens (including phenoxy) is 6. The zero-order chi connectivity index (χ0) is 22.1. The zero-order valence-corrected chi connectivity index (χ0v) is 18.2. The molecule has 2 heterocycles. The molecule has 0 N–H and O–H groups in total. The lowest BCUT2D eigenvalue weighted by atomic mass is 10.0. The second-order valence-corrected chi connectivity index (χ2v) is 7.78. The maximum absolute atomic E-state index is 6.31. The summed E-state index contributed by atoms with van der Waals surface area (Å²) >= 11 is 0. The predicted molar refractivity (Wildman–Crippen MR) is 120 cm³/mol. The van der Waals surface area contributed by atoms with Gasteiger partial charge in [-0.05, 0) is 68.4 Å². The van der Waals surface area contributed by atoms with Gasteiger partial charge in [0.1, 0.15) is 34.9 Å². The minimum atomic E-state index is -0.345. The molecule has 0 aliphatic carbocycles. The van der Waals surface area contributed by atoms with Crippen LogP contribution >= 0.6 is 0 Å². The van der Waals surface area contributed by atoms with Gasteiger partial charge in [0, 0.05) is 11.6 Å². The van der Waals surface area contributed by atoms with E-state index < -0.39 is 0 Å². The molecule has 1 atom stereocenters. The van der Waals surface area contributed by atoms with Crippen LogP contribution in [0.2, 0.25) is 0 Å². The quantitative estimate of drug-likeness (QED) is 0.493. The Morgan fingerprint density at radius 1 is 0.812 bits per heavy atom. The van der Waals surface area contributed by atoms with Crippen molar-refractivity contribution in [2.75, 3.05) is 13.9 Å². The van der Waals surface area contributed by atoms with Crippen molar-refractivity contribution in [1.29, 1.82) is 0 Å². The summed E-state index contributed by atoms with van der Waals surface area (Å²) in [6.45, 7) is 4.22. The average molecular weight is 432 g/mol. The van der Waals surface area contributed by atoms with Gasteiger partial charge in [-0.3, -0.25) is 0 Å². The predicted octanol–water partition coefficient (Wildman–Crippen LogP) is 5.76. The molecule has 0 amide bonds. The Morgan fingerprint density at radius 3 is 2.31 bits per heavy atom. The molecule has 0 radical (unpaired) electrons. The summed E-state index contributed by atoms with van der Waals surface area (Å²) in [7, 11) is 1.64. The Balaban J connectivity index is 1.52. The normalized spacial score (nSPS) is 16.1. The zero-order valence-electron chi connectivity index (χ0n) is 18.2. The van der Waals surface area contributed by atoms with E-state index in [0.29, 0.717) is 17.3 Å². The Morgan fingerprint density at radius 2 is 1.53 bits per heavy atom.